The van der Waals surface area contributed by atoms with Gasteiger partial charge < -0.3 is 0 Å². The molecule has 1 aromatic rings. The summed E-state index contributed by atoms with van der Waals surface area (Å²) in [7, 11) is 0. The Labute approximate surface area is 91.9 Å². The van der Waals surface area contributed by atoms with Crippen LogP contribution >= 0.6 is 11.8 Å². The number of halogens is 2. The first kappa shape index (κ1) is 12.2. The molecule has 0 saturated carbocycles. The van der Waals surface area contributed by atoms with E-state index in [9.17, 15) is 13.6 Å². The fourth-order valence-corrected chi connectivity index (χ4v) is 2.20. The minimum Gasteiger partial charge on any atom is -0.294 e. The van der Waals surface area contributed by atoms with Gasteiger partial charge in [-0.1, -0.05) is 18.2 Å². The molecule has 0 bridgehead atoms. The molecule has 0 fully saturated rings. The Hall–Kier alpha value is -0.900. The number of ketones is 1. The fourth-order valence-electron chi connectivity index (χ4n) is 1.14. The molecule has 82 valence electrons. The number of thioether (sulfide) groups is 1. The Kier molecular flexibility index (Phi) is 4.75. The second-order valence-corrected chi connectivity index (χ2v) is 4.22. The number of carbonyl (C=O) groups is 1. The maximum atomic E-state index is 11.9. The number of benzene rings is 1. The van der Waals surface area contributed by atoms with Crippen LogP contribution in [0.5, 0.6) is 0 Å². The molecular weight excluding hydrogens is 218 g/mol. The summed E-state index contributed by atoms with van der Waals surface area (Å²) in [6, 6.07) is 7.07. The molecule has 0 atom stereocenters. The van der Waals surface area contributed by atoms with Crippen LogP contribution in [0.4, 0.5) is 8.78 Å². The summed E-state index contributed by atoms with van der Waals surface area (Å²) in [6.07, 6.45) is -2.42. The van der Waals surface area contributed by atoms with Gasteiger partial charge in [0.05, 0.1) is 0 Å². The predicted molar refractivity (Wildman–Crippen MR) is 57.8 cm³/mol. The van der Waals surface area contributed by atoms with E-state index in [2.05, 4.69) is 0 Å². The summed E-state index contributed by atoms with van der Waals surface area (Å²) in [5, 5.41) is 0. The molecule has 4 heteroatoms. The zero-order chi connectivity index (χ0) is 11.3. The second kappa shape index (κ2) is 5.85. The van der Waals surface area contributed by atoms with Crippen molar-refractivity contribution in [3.8, 4) is 0 Å². The van der Waals surface area contributed by atoms with E-state index in [-0.39, 0.29) is 12.2 Å². The van der Waals surface area contributed by atoms with Crippen LogP contribution in [0.15, 0.2) is 29.2 Å². The molecule has 0 unspecified atom stereocenters. The summed E-state index contributed by atoms with van der Waals surface area (Å²) in [6.45, 7) is 1.48. The number of Topliss-reactive ketones (excluding diaryl/α,β-unsaturated/α-hetero) is 1. The van der Waals surface area contributed by atoms with Gasteiger partial charge in [0.2, 0.25) is 6.43 Å². The SMILES string of the molecule is CC(=O)c1ccccc1SCCC(F)F. The highest BCUT2D eigenvalue weighted by Crippen LogP contribution is 2.24. The summed E-state index contributed by atoms with van der Waals surface area (Å²) in [5.41, 5.74) is 0.608. The molecule has 1 nitrogen and oxygen atoms in total. The van der Waals surface area contributed by atoms with Gasteiger partial charge in [0.25, 0.3) is 0 Å². The Morgan fingerprint density at radius 2 is 2.07 bits per heavy atom. The maximum Gasteiger partial charge on any atom is 0.239 e. The van der Waals surface area contributed by atoms with E-state index in [1.165, 1.54) is 18.7 Å². The molecule has 1 aromatic carbocycles. The number of hydrogen-bond acceptors (Lipinski definition) is 2. The van der Waals surface area contributed by atoms with E-state index in [1.807, 2.05) is 0 Å². The fraction of sp³-hybridized carbons (Fsp3) is 0.364. The van der Waals surface area contributed by atoms with Crippen molar-refractivity contribution in [1.82, 2.24) is 0 Å². The Morgan fingerprint density at radius 1 is 1.40 bits per heavy atom. The molecule has 0 radical (unpaired) electrons. The molecule has 0 aromatic heterocycles. The molecule has 0 saturated heterocycles. The Morgan fingerprint density at radius 3 is 2.67 bits per heavy atom. The first-order chi connectivity index (χ1) is 7.11. The lowest BCUT2D eigenvalue weighted by Crippen LogP contribution is -1.97. The first-order valence-electron chi connectivity index (χ1n) is 4.62. The van der Waals surface area contributed by atoms with Crippen molar-refractivity contribution in [2.45, 2.75) is 24.7 Å². The molecule has 0 amide bonds. The lowest BCUT2D eigenvalue weighted by molar-refractivity contribution is 0.101. The van der Waals surface area contributed by atoms with Gasteiger partial charge in [-0.15, -0.1) is 11.8 Å². The standard InChI is InChI=1S/C11H12F2OS/c1-8(14)9-4-2-3-5-10(9)15-7-6-11(12)13/h2-5,11H,6-7H2,1H3. The molecule has 0 aliphatic rings. The number of hydrogen-bond donors (Lipinski definition) is 0. The van der Waals surface area contributed by atoms with Gasteiger partial charge in [-0.3, -0.25) is 4.79 Å². The average molecular weight is 230 g/mol. The molecule has 0 N–H and O–H groups in total. The van der Waals surface area contributed by atoms with Gasteiger partial charge in [-0.05, 0) is 13.0 Å². The normalized spacial score (nSPS) is 10.7. The highest BCUT2D eigenvalue weighted by atomic mass is 32.2. The third kappa shape index (κ3) is 4.00. The van der Waals surface area contributed by atoms with Crippen LogP contribution in [0.1, 0.15) is 23.7 Å². The zero-order valence-corrected chi connectivity index (χ0v) is 9.19. The van der Waals surface area contributed by atoms with Crippen molar-refractivity contribution >= 4 is 17.5 Å². The molecule has 0 aliphatic heterocycles. The van der Waals surface area contributed by atoms with E-state index in [4.69, 9.17) is 0 Å². The maximum absolute atomic E-state index is 11.9. The molecule has 0 spiro atoms. The number of carbonyl (C=O) groups excluding carboxylic acids is 1. The van der Waals surface area contributed by atoms with Crippen LogP contribution in [-0.4, -0.2) is 18.0 Å². The van der Waals surface area contributed by atoms with Crippen LogP contribution in [0.3, 0.4) is 0 Å². The molecule has 15 heavy (non-hydrogen) atoms. The highest BCUT2D eigenvalue weighted by Gasteiger charge is 2.08. The van der Waals surface area contributed by atoms with E-state index in [0.717, 1.165) is 4.90 Å². The minimum atomic E-state index is -2.28. The van der Waals surface area contributed by atoms with Crippen molar-refractivity contribution in [3.05, 3.63) is 29.8 Å². The lowest BCUT2D eigenvalue weighted by Gasteiger charge is -2.05. The monoisotopic (exact) mass is 230 g/mol. The van der Waals surface area contributed by atoms with Crippen molar-refractivity contribution < 1.29 is 13.6 Å². The van der Waals surface area contributed by atoms with E-state index in [0.29, 0.717) is 11.3 Å². The van der Waals surface area contributed by atoms with Crippen molar-refractivity contribution in [2.24, 2.45) is 0 Å². The van der Waals surface area contributed by atoms with Crippen molar-refractivity contribution in [3.63, 3.8) is 0 Å². The lowest BCUT2D eigenvalue weighted by atomic mass is 10.1. The van der Waals surface area contributed by atoms with Crippen LogP contribution in [-0.2, 0) is 0 Å². The molecule has 1 rings (SSSR count). The summed E-state index contributed by atoms with van der Waals surface area (Å²) in [4.78, 5) is 12.0. The summed E-state index contributed by atoms with van der Waals surface area (Å²) >= 11 is 1.30. The zero-order valence-electron chi connectivity index (χ0n) is 8.37. The van der Waals surface area contributed by atoms with Gasteiger partial charge >= 0.3 is 0 Å². The van der Waals surface area contributed by atoms with E-state index >= 15 is 0 Å². The van der Waals surface area contributed by atoms with Crippen molar-refractivity contribution in [2.75, 3.05) is 5.75 Å². The van der Waals surface area contributed by atoms with Crippen LogP contribution in [0, 0.1) is 0 Å². The average Bonchev–Trinajstić information content (AvgIpc) is 2.17. The van der Waals surface area contributed by atoms with E-state index in [1.54, 1.807) is 24.3 Å². The minimum absolute atomic E-state index is 0.0323. The van der Waals surface area contributed by atoms with Gasteiger partial charge in [-0.25, -0.2) is 8.78 Å². The second-order valence-electron chi connectivity index (χ2n) is 3.08. The van der Waals surface area contributed by atoms with Gasteiger partial charge in [0.15, 0.2) is 5.78 Å². The van der Waals surface area contributed by atoms with Crippen LogP contribution < -0.4 is 0 Å². The van der Waals surface area contributed by atoms with Crippen molar-refractivity contribution in [1.29, 1.82) is 0 Å². The third-order valence-electron chi connectivity index (χ3n) is 1.86. The predicted octanol–water partition coefficient (Wildman–Crippen LogP) is 3.64. The van der Waals surface area contributed by atoms with Crippen LogP contribution in [0.25, 0.3) is 0 Å². The Balaban J connectivity index is 2.63. The Bertz CT molecular complexity index is 339. The largest absolute Gasteiger partial charge is 0.294 e. The van der Waals surface area contributed by atoms with Gasteiger partial charge in [0, 0.05) is 22.6 Å². The highest BCUT2D eigenvalue weighted by molar-refractivity contribution is 7.99. The molecular formula is C11H12F2OS. The summed E-state index contributed by atoms with van der Waals surface area (Å²) < 4.78 is 23.8. The van der Waals surface area contributed by atoms with Crippen LogP contribution in [0.2, 0.25) is 0 Å². The first-order valence-corrected chi connectivity index (χ1v) is 5.60. The third-order valence-corrected chi connectivity index (χ3v) is 2.97. The summed E-state index contributed by atoms with van der Waals surface area (Å²) in [5.74, 6) is 0.303. The molecule has 0 heterocycles. The van der Waals surface area contributed by atoms with Gasteiger partial charge in [0.1, 0.15) is 0 Å². The van der Waals surface area contributed by atoms with Gasteiger partial charge in [-0.2, -0.15) is 0 Å². The smallest absolute Gasteiger partial charge is 0.239 e. The number of rotatable bonds is 5. The topological polar surface area (TPSA) is 17.1 Å². The quantitative estimate of drug-likeness (QED) is 0.567. The number of alkyl halides is 2. The van der Waals surface area contributed by atoms with E-state index < -0.39 is 6.43 Å². The molecule has 0 aliphatic carbocycles.